The lowest BCUT2D eigenvalue weighted by Crippen LogP contribution is -2.31. The Morgan fingerprint density at radius 3 is 2.68 bits per heavy atom. The molecule has 4 rings (SSSR count). The zero-order valence-electron chi connectivity index (χ0n) is 14.3. The standard InChI is InChI=1S/C21H20ClNO2/c1-13(20-11-14-7-3-6-10-19(14)25-20)23(2)21(24)17-12-16(17)15-8-4-5-9-18(15)22/h3-11,13,16-17H,12H2,1-2H3. The highest BCUT2D eigenvalue weighted by atomic mass is 35.5. The molecule has 1 fully saturated rings. The van der Waals surface area contributed by atoms with Crippen molar-refractivity contribution in [1.82, 2.24) is 4.90 Å². The summed E-state index contributed by atoms with van der Waals surface area (Å²) in [6.07, 6.45) is 0.861. The van der Waals surface area contributed by atoms with E-state index in [1.54, 1.807) is 4.90 Å². The Morgan fingerprint density at radius 2 is 1.92 bits per heavy atom. The molecule has 1 amide bonds. The van der Waals surface area contributed by atoms with Crippen molar-refractivity contribution in [1.29, 1.82) is 0 Å². The van der Waals surface area contributed by atoms with Crippen molar-refractivity contribution in [3.05, 3.63) is 70.9 Å². The van der Waals surface area contributed by atoms with Crippen LogP contribution < -0.4 is 0 Å². The molecule has 4 heteroatoms. The molecule has 1 heterocycles. The van der Waals surface area contributed by atoms with Crippen molar-refractivity contribution in [2.24, 2.45) is 5.92 Å². The van der Waals surface area contributed by atoms with Gasteiger partial charge in [-0.25, -0.2) is 0 Å². The van der Waals surface area contributed by atoms with Gasteiger partial charge in [-0.1, -0.05) is 48.0 Å². The zero-order valence-corrected chi connectivity index (χ0v) is 15.0. The fourth-order valence-corrected chi connectivity index (χ4v) is 3.71. The van der Waals surface area contributed by atoms with Gasteiger partial charge in [0.05, 0.1) is 6.04 Å². The lowest BCUT2D eigenvalue weighted by atomic mass is 10.1. The van der Waals surface area contributed by atoms with Gasteiger partial charge < -0.3 is 9.32 Å². The molecule has 0 bridgehead atoms. The second kappa shape index (κ2) is 6.23. The highest BCUT2D eigenvalue weighted by Gasteiger charge is 2.46. The topological polar surface area (TPSA) is 33.5 Å². The zero-order chi connectivity index (χ0) is 17.6. The Morgan fingerprint density at radius 1 is 1.20 bits per heavy atom. The van der Waals surface area contributed by atoms with E-state index in [-0.39, 0.29) is 23.8 Å². The van der Waals surface area contributed by atoms with E-state index in [2.05, 4.69) is 0 Å². The van der Waals surface area contributed by atoms with Gasteiger partial charge in [-0.05, 0) is 43.0 Å². The summed E-state index contributed by atoms with van der Waals surface area (Å²) in [4.78, 5) is 14.7. The van der Waals surface area contributed by atoms with Gasteiger partial charge in [-0.2, -0.15) is 0 Å². The van der Waals surface area contributed by atoms with Crippen LogP contribution >= 0.6 is 11.6 Å². The van der Waals surface area contributed by atoms with Crippen molar-refractivity contribution in [2.75, 3.05) is 7.05 Å². The molecule has 3 atom stereocenters. The number of rotatable bonds is 4. The molecule has 1 aromatic heterocycles. The molecule has 0 spiro atoms. The van der Waals surface area contributed by atoms with Crippen LogP contribution in [0.3, 0.4) is 0 Å². The second-order valence-corrected chi connectivity index (χ2v) is 7.19. The third kappa shape index (κ3) is 2.93. The Balaban J connectivity index is 1.50. The molecule has 1 aliphatic rings. The number of furan rings is 1. The first-order valence-corrected chi connectivity index (χ1v) is 8.93. The summed E-state index contributed by atoms with van der Waals surface area (Å²) in [6.45, 7) is 2.00. The molecular weight excluding hydrogens is 334 g/mol. The molecule has 0 radical (unpaired) electrons. The summed E-state index contributed by atoms with van der Waals surface area (Å²) in [5.41, 5.74) is 1.93. The molecule has 0 N–H and O–H groups in total. The van der Waals surface area contributed by atoms with E-state index in [0.717, 1.165) is 33.7 Å². The van der Waals surface area contributed by atoms with Gasteiger partial charge in [-0.3, -0.25) is 4.79 Å². The molecule has 1 aliphatic carbocycles. The van der Waals surface area contributed by atoms with Crippen molar-refractivity contribution in [2.45, 2.75) is 25.3 Å². The van der Waals surface area contributed by atoms with Crippen LogP contribution in [-0.2, 0) is 4.79 Å². The smallest absolute Gasteiger partial charge is 0.226 e. The SMILES string of the molecule is CC(c1cc2ccccc2o1)N(C)C(=O)C1CC1c1ccccc1Cl. The predicted molar refractivity (Wildman–Crippen MR) is 99.7 cm³/mol. The van der Waals surface area contributed by atoms with Gasteiger partial charge >= 0.3 is 0 Å². The number of hydrogen-bond donors (Lipinski definition) is 0. The van der Waals surface area contributed by atoms with Gasteiger partial charge in [0.2, 0.25) is 5.91 Å². The highest BCUT2D eigenvalue weighted by molar-refractivity contribution is 6.31. The van der Waals surface area contributed by atoms with Gasteiger partial charge in [0, 0.05) is 23.4 Å². The third-order valence-electron chi connectivity index (χ3n) is 5.20. The van der Waals surface area contributed by atoms with E-state index < -0.39 is 0 Å². The lowest BCUT2D eigenvalue weighted by molar-refractivity contribution is -0.133. The molecule has 25 heavy (non-hydrogen) atoms. The number of halogens is 1. The molecule has 3 nitrogen and oxygen atoms in total. The van der Waals surface area contributed by atoms with E-state index in [1.165, 1.54) is 0 Å². The second-order valence-electron chi connectivity index (χ2n) is 6.78. The average Bonchev–Trinajstić information content (AvgIpc) is 3.30. The number of carbonyl (C=O) groups excluding carboxylic acids is 1. The molecule has 128 valence electrons. The van der Waals surface area contributed by atoms with Gasteiger partial charge in [0.1, 0.15) is 11.3 Å². The first-order chi connectivity index (χ1) is 12.1. The maximum absolute atomic E-state index is 12.9. The van der Waals surface area contributed by atoms with Crippen molar-refractivity contribution in [3.8, 4) is 0 Å². The van der Waals surface area contributed by atoms with E-state index >= 15 is 0 Å². The number of benzene rings is 2. The Kier molecular flexibility index (Phi) is 4.04. The molecular formula is C21H20ClNO2. The molecule has 3 aromatic rings. The van der Waals surface area contributed by atoms with Crippen LogP contribution in [-0.4, -0.2) is 17.9 Å². The Labute approximate surface area is 152 Å². The maximum Gasteiger partial charge on any atom is 0.226 e. The number of amides is 1. The minimum atomic E-state index is -0.104. The minimum Gasteiger partial charge on any atom is -0.459 e. The minimum absolute atomic E-state index is 0.0109. The quantitative estimate of drug-likeness (QED) is 0.628. The summed E-state index contributed by atoms with van der Waals surface area (Å²) in [5, 5.41) is 1.81. The van der Waals surface area contributed by atoms with Gasteiger partial charge in [0.15, 0.2) is 0 Å². The normalized spacial score (nSPS) is 20.4. The number of nitrogens with zero attached hydrogens (tertiary/aromatic N) is 1. The van der Waals surface area contributed by atoms with Gasteiger partial charge in [-0.15, -0.1) is 0 Å². The van der Waals surface area contributed by atoms with Crippen molar-refractivity contribution >= 4 is 28.5 Å². The number of carbonyl (C=O) groups is 1. The number of hydrogen-bond acceptors (Lipinski definition) is 2. The fourth-order valence-electron chi connectivity index (χ4n) is 3.44. The summed E-state index contributed by atoms with van der Waals surface area (Å²) in [6, 6.07) is 17.6. The summed E-state index contributed by atoms with van der Waals surface area (Å²) < 4.78 is 5.92. The van der Waals surface area contributed by atoms with Gasteiger partial charge in [0.25, 0.3) is 0 Å². The largest absolute Gasteiger partial charge is 0.459 e. The van der Waals surface area contributed by atoms with Crippen molar-refractivity contribution in [3.63, 3.8) is 0 Å². The molecule has 1 saturated carbocycles. The fraction of sp³-hybridized carbons (Fsp3) is 0.286. The predicted octanol–water partition coefficient (Wildman–Crippen LogP) is 5.41. The van der Waals surface area contributed by atoms with Crippen LogP contribution in [0.15, 0.2) is 59.0 Å². The highest BCUT2D eigenvalue weighted by Crippen LogP contribution is 2.50. The van der Waals surface area contributed by atoms with Crippen LogP contribution in [0.5, 0.6) is 0 Å². The van der Waals surface area contributed by atoms with Crippen LogP contribution in [0.1, 0.15) is 36.6 Å². The summed E-state index contributed by atoms with van der Waals surface area (Å²) in [7, 11) is 1.85. The van der Waals surface area contributed by atoms with E-state index in [0.29, 0.717) is 0 Å². The lowest BCUT2D eigenvalue weighted by Gasteiger charge is -2.23. The first-order valence-electron chi connectivity index (χ1n) is 8.56. The van der Waals surface area contributed by atoms with Crippen LogP contribution in [0, 0.1) is 5.92 Å². The Hall–Kier alpha value is -2.26. The van der Waals surface area contributed by atoms with E-state index in [4.69, 9.17) is 16.0 Å². The van der Waals surface area contributed by atoms with Crippen LogP contribution in [0.2, 0.25) is 5.02 Å². The Bertz CT molecular complexity index is 899. The van der Waals surface area contributed by atoms with Crippen LogP contribution in [0.25, 0.3) is 11.0 Å². The number of fused-ring (bicyclic) bond motifs is 1. The average molecular weight is 354 g/mol. The molecule has 2 aromatic carbocycles. The van der Waals surface area contributed by atoms with Crippen LogP contribution in [0.4, 0.5) is 0 Å². The van der Waals surface area contributed by atoms with E-state index in [9.17, 15) is 4.79 Å². The molecule has 0 saturated heterocycles. The third-order valence-corrected chi connectivity index (χ3v) is 5.54. The van der Waals surface area contributed by atoms with Crippen molar-refractivity contribution < 1.29 is 9.21 Å². The maximum atomic E-state index is 12.9. The molecule has 0 aliphatic heterocycles. The van der Waals surface area contributed by atoms with E-state index in [1.807, 2.05) is 68.6 Å². The summed E-state index contributed by atoms with van der Waals surface area (Å²) >= 11 is 6.27. The number of para-hydroxylation sites is 1. The monoisotopic (exact) mass is 353 g/mol. The summed E-state index contributed by atoms with van der Waals surface area (Å²) in [5.74, 6) is 1.20. The first kappa shape index (κ1) is 16.2. The molecule has 3 unspecified atom stereocenters.